The standard InChI is InChI=1S/C21H17FN2O3S/c1-11-18-14(12-6-8-13(25)9-7-12)10-17(26)24-21(18)28-19(11)20(27)23-16-5-3-2-4-15(16)22/h2-9,14,25H,10H2,1H3,(H,23,27)(H,24,26)/t14-/m1/s1. The zero-order valence-corrected chi connectivity index (χ0v) is 15.8. The Balaban J connectivity index is 1.72. The molecule has 2 heterocycles. The first kappa shape index (κ1) is 18.2. The Labute approximate surface area is 164 Å². The normalized spacial score (nSPS) is 15.6. The van der Waals surface area contributed by atoms with E-state index in [0.717, 1.165) is 16.7 Å². The number of hydrogen-bond acceptors (Lipinski definition) is 4. The molecule has 1 aromatic heterocycles. The number of anilines is 2. The number of thiophene rings is 1. The zero-order chi connectivity index (χ0) is 19.8. The van der Waals surface area contributed by atoms with Gasteiger partial charge in [-0.2, -0.15) is 0 Å². The molecule has 0 unspecified atom stereocenters. The van der Waals surface area contributed by atoms with E-state index in [9.17, 15) is 19.1 Å². The number of rotatable bonds is 3. The summed E-state index contributed by atoms with van der Waals surface area (Å²) in [5.74, 6) is -1.12. The van der Waals surface area contributed by atoms with E-state index in [0.29, 0.717) is 9.88 Å². The highest BCUT2D eigenvalue weighted by Gasteiger charge is 2.33. The Morgan fingerprint density at radius 3 is 2.64 bits per heavy atom. The summed E-state index contributed by atoms with van der Waals surface area (Å²) >= 11 is 1.18. The third-order valence-electron chi connectivity index (χ3n) is 4.81. The van der Waals surface area contributed by atoms with Crippen LogP contribution in [0, 0.1) is 12.7 Å². The van der Waals surface area contributed by atoms with E-state index in [-0.39, 0.29) is 29.7 Å². The van der Waals surface area contributed by atoms with Crippen molar-refractivity contribution in [1.82, 2.24) is 0 Å². The Morgan fingerprint density at radius 1 is 1.21 bits per heavy atom. The van der Waals surface area contributed by atoms with E-state index in [4.69, 9.17) is 0 Å². The molecule has 0 saturated heterocycles. The van der Waals surface area contributed by atoms with Crippen molar-refractivity contribution in [3.63, 3.8) is 0 Å². The van der Waals surface area contributed by atoms with Crippen LogP contribution in [0.1, 0.15) is 38.7 Å². The first-order valence-electron chi connectivity index (χ1n) is 8.72. The molecular formula is C21H17FN2O3S. The number of phenols is 1. The Hall–Kier alpha value is -3.19. The van der Waals surface area contributed by atoms with Crippen molar-refractivity contribution >= 4 is 33.8 Å². The lowest BCUT2D eigenvalue weighted by molar-refractivity contribution is -0.116. The highest BCUT2D eigenvalue weighted by atomic mass is 32.1. The molecule has 5 nitrogen and oxygen atoms in total. The maximum absolute atomic E-state index is 13.9. The van der Waals surface area contributed by atoms with Gasteiger partial charge in [0.25, 0.3) is 5.91 Å². The Morgan fingerprint density at radius 2 is 1.93 bits per heavy atom. The van der Waals surface area contributed by atoms with Crippen molar-refractivity contribution in [3.8, 4) is 5.75 Å². The predicted octanol–water partition coefficient (Wildman–Crippen LogP) is 4.63. The summed E-state index contributed by atoms with van der Waals surface area (Å²) in [6.07, 6.45) is 0.254. The largest absolute Gasteiger partial charge is 0.508 e. The molecule has 28 heavy (non-hydrogen) atoms. The van der Waals surface area contributed by atoms with Gasteiger partial charge < -0.3 is 15.7 Å². The van der Waals surface area contributed by atoms with Crippen LogP contribution in [0.5, 0.6) is 5.75 Å². The highest BCUT2D eigenvalue weighted by molar-refractivity contribution is 7.18. The van der Waals surface area contributed by atoms with Gasteiger partial charge in [0.1, 0.15) is 11.6 Å². The quantitative estimate of drug-likeness (QED) is 0.604. The third-order valence-corrected chi connectivity index (χ3v) is 6.03. The van der Waals surface area contributed by atoms with Crippen LogP contribution in [0.2, 0.25) is 0 Å². The monoisotopic (exact) mass is 396 g/mol. The number of carbonyl (C=O) groups is 2. The minimum absolute atomic E-state index is 0.109. The number of amides is 2. The minimum atomic E-state index is -0.509. The van der Waals surface area contributed by atoms with Crippen LogP contribution in [0.3, 0.4) is 0 Å². The van der Waals surface area contributed by atoms with Crippen LogP contribution in [0.4, 0.5) is 15.1 Å². The molecule has 1 aliphatic heterocycles. The van der Waals surface area contributed by atoms with Crippen molar-refractivity contribution in [2.24, 2.45) is 0 Å². The number of hydrogen-bond donors (Lipinski definition) is 3. The number of aromatic hydroxyl groups is 1. The summed E-state index contributed by atoms with van der Waals surface area (Å²) in [4.78, 5) is 25.4. The van der Waals surface area contributed by atoms with Crippen LogP contribution >= 0.6 is 11.3 Å². The van der Waals surface area contributed by atoms with E-state index < -0.39 is 11.7 Å². The van der Waals surface area contributed by atoms with Crippen LogP contribution in [0.25, 0.3) is 0 Å². The number of nitrogens with one attached hydrogen (secondary N) is 2. The van der Waals surface area contributed by atoms with Crippen molar-refractivity contribution in [3.05, 3.63) is 75.9 Å². The lowest BCUT2D eigenvalue weighted by atomic mass is 9.85. The predicted molar refractivity (Wildman–Crippen MR) is 107 cm³/mol. The molecule has 0 fully saturated rings. The molecule has 0 bridgehead atoms. The van der Waals surface area contributed by atoms with Gasteiger partial charge in [0, 0.05) is 12.3 Å². The molecule has 0 radical (unpaired) electrons. The van der Waals surface area contributed by atoms with Crippen molar-refractivity contribution < 1.29 is 19.1 Å². The summed E-state index contributed by atoms with van der Waals surface area (Å²) in [6, 6.07) is 12.7. The van der Waals surface area contributed by atoms with E-state index in [1.54, 1.807) is 36.4 Å². The maximum Gasteiger partial charge on any atom is 0.266 e. The lowest BCUT2D eigenvalue weighted by Crippen LogP contribution is -2.22. The molecule has 3 N–H and O–H groups in total. The first-order chi connectivity index (χ1) is 13.4. The molecule has 1 aliphatic rings. The average Bonchev–Trinajstić information content (AvgIpc) is 3.00. The fourth-order valence-electron chi connectivity index (χ4n) is 3.45. The molecule has 0 spiro atoms. The van der Waals surface area contributed by atoms with E-state index in [2.05, 4.69) is 10.6 Å². The van der Waals surface area contributed by atoms with Gasteiger partial charge in [-0.15, -0.1) is 11.3 Å². The minimum Gasteiger partial charge on any atom is -0.508 e. The Kier molecular flexibility index (Phi) is 4.60. The van der Waals surface area contributed by atoms with Crippen LogP contribution in [-0.2, 0) is 4.79 Å². The molecular weight excluding hydrogens is 379 g/mol. The molecule has 0 aliphatic carbocycles. The summed E-state index contributed by atoms with van der Waals surface area (Å²) < 4.78 is 13.9. The number of halogens is 1. The fraction of sp³-hybridized carbons (Fsp3) is 0.143. The van der Waals surface area contributed by atoms with Crippen LogP contribution in [0.15, 0.2) is 48.5 Å². The SMILES string of the molecule is Cc1c(C(=O)Nc2ccccc2F)sc2c1[C@@H](c1ccc(O)cc1)CC(=O)N2. The highest BCUT2D eigenvalue weighted by Crippen LogP contribution is 2.45. The smallest absolute Gasteiger partial charge is 0.266 e. The molecule has 4 rings (SSSR count). The second-order valence-corrected chi connectivity index (χ2v) is 7.65. The summed E-state index contributed by atoms with van der Waals surface area (Å²) in [6.45, 7) is 1.83. The van der Waals surface area contributed by atoms with Gasteiger partial charge in [0.2, 0.25) is 5.91 Å². The van der Waals surface area contributed by atoms with Gasteiger partial charge in [-0.3, -0.25) is 9.59 Å². The van der Waals surface area contributed by atoms with Crippen molar-refractivity contribution in [1.29, 1.82) is 0 Å². The second kappa shape index (κ2) is 7.09. The van der Waals surface area contributed by atoms with Crippen molar-refractivity contribution in [2.45, 2.75) is 19.3 Å². The summed E-state index contributed by atoms with van der Waals surface area (Å²) in [7, 11) is 0. The molecule has 1 atom stereocenters. The molecule has 2 aromatic carbocycles. The molecule has 7 heteroatoms. The first-order valence-corrected chi connectivity index (χ1v) is 9.53. The van der Waals surface area contributed by atoms with Gasteiger partial charge in [-0.1, -0.05) is 24.3 Å². The number of carbonyl (C=O) groups excluding carboxylic acids is 2. The summed E-state index contributed by atoms with van der Waals surface area (Å²) in [5.41, 5.74) is 2.63. The number of benzene rings is 2. The molecule has 142 valence electrons. The van der Waals surface area contributed by atoms with E-state index in [1.807, 2.05) is 6.92 Å². The lowest BCUT2D eigenvalue weighted by Gasteiger charge is -2.24. The Bertz CT molecular complexity index is 1080. The van der Waals surface area contributed by atoms with Crippen molar-refractivity contribution in [2.75, 3.05) is 10.6 Å². The fourth-order valence-corrected chi connectivity index (χ4v) is 4.63. The van der Waals surface area contributed by atoms with Gasteiger partial charge >= 0.3 is 0 Å². The molecule has 3 aromatic rings. The number of para-hydroxylation sites is 1. The maximum atomic E-state index is 13.9. The zero-order valence-electron chi connectivity index (χ0n) is 15.0. The van der Waals surface area contributed by atoms with E-state index >= 15 is 0 Å². The van der Waals surface area contributed by atoms with Gasteiger partial charge in [0.05, 0.1) is 15.6 Å². The van der Waals surface area contributed by atoms with Gasteiger partial charge in [-0.05, 0) is 47.9 Å². The third kappa shape index (κ3) is 3.25. The van der Waals surface area contributed by atoms with Crippen LogP contribution < -0.4 is 10.6 Å². The average molecular weight is 396 g/mol. The number of fused-ring (bicyclic) bond motifs is 1. The van der Waals surface area contributed by atoms with E-state index in [1.165, 1.54) is 23.5 Å². The van der Waals surface area contributed by atoms with Gasteiger partial charge in [-0.25, -0.2) is 4.39 Å². The molecule has 0 saturated carbocycles. The number of phenolic OH excluding ortho intramolecular Hbond substituents is 1. The van der Waals surface area contributed by atoms with Gasteiger partial charge in [0.15, 0.2) is 0 Å². The molecule has 2 amide bonds. The summed E-state index contributed by atoms with van der Waals surface area (Å²) in [5, 5.41) is 15.6. The van der Waals surface area contributed by atoms with Crippen LogP contribution in [-0.4, -0.2) is 16.9 Å². The second-order valence-electron chi connectivity index (χ2n) is 6.63. The topological polar surface area (TPSA) is 78.4 Å².